The van der Waals surface area contributed by atoms with E-state index in [4.69, 9.17) is 4.74 Å². The lowest BCUT2D eigenvalue weighted by Gasteiger charge is -2.06. The van der Waals surface area contributed by atoms with Crippen molar-refractivity contribution >= 4 is 6.08 Å². The van der Waals surface area contributed by atoms with Gasteiger partial charge in [-0.3, -0.25) is 10.1 Å². The van der Waals surface area contributed by atoms with Gasteiger partial charge in [0.15, 0.2) is 0 Å². The Morgan fingerprint density at radius 3 is 2.65 bits per heavy atom. The summed E-state index contributed by atoms with van der Waals surface area (Å²) in [5.41, 5.74) is 1.52. The molecule has 0 saturated heterocycles. The molecule has 2 aromatic rings. The van der Waals surface area contributed by atoms with E-state index >= 15 is 0 Å². The molecule has 0 amide bonds. The molecule has 20 heavy (non-hydrogen) atoms. The molecule has 102 valence electrons. The number of nitrogens with zero attached hydrogens (tertiary/aromatic N) is 1. The largest absolute Gasteiger partial charge is 0.489 e. The number of rotatable bonds is 5. The molecule has 0 bridgehead atoms. The van der Waals surface area contributed by atoms with Gasteiger partial charge < -0.3 is 4.74 Å². The Hall–Kier alpha value is -2.69. The maximum Gasteiger partial charge on any atom is 0.235 e. The van der Waals surface area contributed by atoms with E-state index in [0.717, 1.165) is 11.8 Å². The molecule has 0 heterocycles. The Balaban J connectivity index is 2.01. The maximum absolute atomic E-state index is 12.7. The number of ether oxygens (including phenoxy) is 1. The average Bonchev–Trinajstić information content (AvgIpc) is 2.45. The van der Waals surface area contributed by atoms with Crippen molar-refractivity contribution in [1.82, 2.24) is 0 Å². The zero-order chi connectivity index (χ0) is 14.4. The summed E-state index contributed by atoms with van der Waals surface area (Å²) in [5.74, 6) is 0.306. The predicted molar refractivity (Wildman–Crippen MR) is 73.2 cm³/mol. The molecule has 0 saturated carbocycles. The van der Waals surface area contributed by atoms with Crippen LogP contribution in [0.1, 0.15) is 11.1 Å². The summed E-state index contributed by atoms with van der Waals surface area (Å²) in [4.78, 5) is 9.73. The van der Waals surface area contributed by atoms with Gasteiger partial charge in [0.1, 0.15) is 18.2 Å². The van der Waals surface area contributed by atoms with E-state index in [1.165, 1.54) is 18.2 Å². The highest BCUT2D eigenvalue weighted by Crippen LogP contribution is 2.16. The molecule has 5 heteroatoms. The van der Waals surface area contributed by atoms with E-state index < -0.39 is 4.92 Å². The molecule has 0 aromatic heterocycles. The quantitative estimate of drug-likeness (QED) is 0.617. The van der Waals surface area contributed by atoms with Gasteiger partial charge in [0.25, 0.3) is 0 Å². The molecule has 0 spiro atoms. The van der Waals surface area contributed by atoms with Gasteiger partial charge in [-0.2, -0.15) is 0 Å². The fourth-order valence-corrected chi connectivity index (χ4v) is 1.60. The molecule has 4 nitrogen and oxygen atoms in total. The molecule has 2 aromatic carbocycles. The van der Waals surface area contributed by atoms with Gasteiger partial charge in [-0.05, 0) is 35.4 Å². The summed E-state index contributed by atoms with van der Waals surface area (Å²) >= 11 is 0. The van der Waals surface area contributed by atoms with Crippen LogP contribution in [0.15, 0.2) is 54.7 Å². The van der Waals surface area contributed by atoms with Crippen LogP contribution in [0, 0.1) is 15.9 Å². The van der Waals surface area contributed by atoms with E-state index in [9.17, 15) is 14.5 Å². The summed E-state index contributed by atoms with van der Waals surface area (Å²) in [7, 11) is 0. The van der Waals surface area contributed by atoms with Gasteiger partial charge in [-0.1, -0.05) is 24.3 Å². The van der Waals surface area contributed by atoms with Gasteiger partial charge >= 0.3 is 0 Å². The van der Waals surface area contributed by atoms with Gasteiger partial charge in [-0.25, -0.2) is 4.39 Å². The number of benzene rings is 2. The van der Waals surface area contributed by atoms with Crippen molar-refractivity contribution in [3.63, 3.8) is 0 Å². The lowest BCUT2D eigenvalue weighted by atomic mass is 10.2. The first-order valence-electron chi connectivity index (χ1n) is 5.92. The normalized spacial score (nSPS) is 10.7. The highest BCUT2D eigenvalue weighted by molar-refractivity contribution is 5.50. The summed E-state index contributed by atoms with van der Waals surface area (Å²) in [6, 6.07) is 13.0. The minimum absolute atomic E-state index is 0.291. The Labute approximate surface area is 115 Å². The van der Waals surface area contributed by atoms with Crippen LogP contribution in [0.3, 0.4) is 0 Å². The molecule has 0 fully saturated rings. The van der Waals surface area contributed by atoms with Crippen LogP contribution in [0.5, 0.6) is 5.75 Å². The fourth-order valence-electron chi connectivity index (χ4n) is 1.60. The highest BCUT2D eigenvalue weighted by atomic mass is 19.1. The molecular formula is C15H12FNO3. The number of hydrogen-bond donors (Lipinski definition) is 0. The molecule has 0 aliphatic carbocycles. The molecular weight excluding hydrogens is 261 g/mol. The van der Waals surface area contributed by atoms with E-state index in [2.05, 4.69) is 0 Å². The third-order valence-electron chi connectivity index (χ3n) is 2.57. The van der Waals surface area contributed by atoms with Crippen molar-refractivity contribution in [1.29, 1.82) is 0 Å². The number of hydrogen-bond acceptors (Lipinski definition) is 3. The Morgan fingerprint density at radius 1 is 1.20 bits per heavy atom. The van der Waals surface area contributed by atoms with Crippen molar-refractivity contribution < 1.29 is 14.1 Å². The topological polar surface area (TPSA) is 52.4 Å². The zero-order valence-electron chi connectivity index (χ0n) is 10.5. The molecule has 0 aliphatic heterocycles. The van der Waals surface area contributed by atoms with Crippen LogP contribution in [0.2, 0.25) is 0 Å². The van der Waals surface area contributed by atoms with Crippen LogP contribution in [0.25, 0.3) is 6.08 Å². The third kappa shape index (κ3) is 4.20. The Kier molecular flexibility index (Phi) is 4.44. The van der Waals surface area contributed by atoms with Crippen molar-refractivity contribution in [3.05, 3.63) is 81.8 Å². The number of nitro groups is 1. The van der Waals surface area contributed by atoms with E-state index in [1.54, 1.807) is 36.4 Å². The number of halogens is 1. The summed E-state index contributed by atoms with van der Waals surface area (Å²) in [5, 5.41) is 10.3. The van der Waals surface area contributed by atoms with E-state index in [0.29, 0.717) is 17.9 Å². The lowest BCUT2D eigenvalue weighted by molar-refractivity contribution is -0.400. The molecule has 0 aliphatic rings. The first kappa shape index (κ1) is 13.7. The summed E-state index contributed by atoms with van der Waals surface area (Å²) < 4.78 is 18.3. The second kappa shape index (κ2) is 6.47. The van der Waals surface area contributed by atoms with Gasteiger partial charge in [0.05, 0.1) is 4.92 Å². The Morgan fingerprint density at radius 2 is 1.95 bits per heavy atom. The van der Waals surface area contributed by atoms with Gasteiger partial charge in [0.2, 0.25) is 6.20 Å². The summed E-state index contributed by atoms with van der Waals surface area (Å²) in [6.07, 6.45) is 2.27. The minimum Gasteiger partial charge on any atom is -0.489 e. The second-order valence-electron chi connectivity index (χ2n) is 4.09. The van der Waals surface area contributed by atoms with Crippen LogP contribution in [-0.2, 0) is 6.61 Å². The standard InChI is InChI=1S/C15H12FNO3/c16-14-6-4-13(5-7-14)11-20-15-3-1-2-12(10-15)8-9-17(18)19/h1-10H,11H2/b9-8+. The fraction of sp³-hybridized carbons (Fsp3) is 0.0667. The highest BCUT2D eigenvalue weighted by Gasteiger charge is 1.98. The van der Waals surface area contributed by atoms with Crippen LogP contribution < -0.4 is 4.74 Å². The van der Waals surface area contributed by atoms with E-state index in [1.807, 2.05) is 0 Å². The van der Waals surface area contributed by atoms with Crippen molar-refractivity contribution in [2.75, 3.05) is 0 Å². The first-order valence-corrected chi connectivity index (χ1v) is 5.92. The average molecular weight is 273 g/mol. The van der Waals surface area contributed by atoms with Crippen molar-refractivity contribution in [2.45, 2.75) is 6.61 Å². The van der Waals surface area contributed by atoms with Crippen LogP contribution in [-0.4, -0.2) is 4.92 Å². The smallest absolute Gasteiger partial charge is 0.235 e. The van der Waals surface area contributed by atoms with Crippen LogP contribution in [0.4, 0.5) is 4.39 Å². The zero-order valence-corrected chi connectivity index (χ0v) is 10.5. The molecule has 0 atom stereocenters. The third-order valence-corrected chi connectivity index (χ3v) is 2.57. The minimum atomic E-state index is -0.522. The second-order valence-corrected chi connectivity index (χ2v) is 4.09. The van der Waals surface area contributed by atoms with Crippen LogP contribution >= 0.6 is 0 Å². The van der Waals surface area contributed by atoms with Gasteiger partial charge in [0, 0.05) is 6.08 Å². The molecule has 0 N–H and O–H groups in total. The molecule has 2 rings (SSSR count). The molecule has 0 radical (unpaired) electrons. The lowest BCUT2D eigenvalue weighted by Crippen LogP contribution is -1.95. The van der Waals surface area contributed by atoms with Crippen molar-refractivity contribution in [2.24, 2.45) is 0 Å². The first-order chi connectivity index (χ1) is 9.63. The van der Waals surface area contributed by atoms with Gasteiger partial charge in [-0.15, -0.1) is 0 Å². The Bertz CT molecular complexity index is 623. The maximum atomic E-state index is 12.7. The summed E-state index contributed by atoms with van der Waals surface area (Å²) in [6.45, 7) is 0.308. The van der Waals surface area contributed by atoms with Crippen molar-refractivity contribution in [3.8, 4) is 5.75 Å². The van der Waals surface area contributed by atoms with E-state index in [-0.39, 0.29) is 5.82 Å². The molecule has 0 unspecified atom stereocenters. The predicted octanol–water partition coefficient (Wildman–Crippen LogP) is 3.65. The SMILES string of the molecule is O=[N+]([O-])/C=C/c1cccc(OCc2ccc(F)cc2)c1. The monoisotopic (exact) mass is 273 g/mol.